The van der Waals surface area contributed by atoms with Crippen molar-refractivity contribution in [1.82, 2.24) is 10.3 Å². The van der Waals surface area contributed by atoms with Gasteiger partial charge in [-0.2, -0.15) is 0 Å². The van der Waals surface area contributed by atoms with Crippen molar-refractivity contribution in [3.63, 3.8) is 0 Å². The Morgan fingerprint density at radius 3 is 2.82 bits per heavy atom. The van der Waals surface area contributed by atoms with Gasteiger partial charge in [0.1, 0.15) is 0 Å². The topological polar surface area (TPSA) is 63.3 Å². The van der Waals surface area contributed by atoms with Crippen LogP contribution in [0.2, 0.25) is 5.02 Å². The highest BCUT2D eigenvalue weighted by Crippen LogP contribution is 2.06. The van der Waals surface area contributed by atoms with Gasteiger partial charge in [-0.25, -0.2) is 4.99 Å². The van der Waals surface area contributed by atoms with E-state index in [9.17, 15) is 0 Å². The molecule has 1 heterocycles. The van der Waals surface area contributed by atoms with E-state index in [1.54, 1.807) is 12.3 Å². The summed E-state index contributed by atoms with van der Waals surface area (Å²) in [5, 5.41) is 3.55. The molecule has 1 aromatic rings. The Kier molecular flexibility index (Phi) is 7.90. The molecule has 0 aliphatic carbocycles. The van der Waals surface area contributed by atoms with Crippen molar-refractivity contribution in [2.45, 2.75) is 13.5 Å². The molecule has 0 bridgehead atoms. The lowest BCUT2D eigenvalue weighted by Crippen LogP contribution is -2.32. The van der Waals surface area contributed by atoms with Crippen LogP contribution >= 0.6 is 35.6 Å². The first kappa shape index (κ1) is 16.2. The minimum Gasteiger partial charge on any atom is -0.370 e. The lowest BCUT2D eigenvalue weighted by atomic mass is 10.3. The number of halogens is 2. The molecule has 1 rings (SSSR count). The average molecular weight is 367 g/mol. The second-order valence-corrected chi connectivity index (χ2v) is 3.92. The van der Waals surface area contributed by atoms with Crippen molar-refractivity contribution in [1.29, 1.82) is 0 Å². The molecule has 0 radical (unpaired) electrons. The minimum atomic E-state index is 0. The second-order valence-electron chi connectivity index (χ2n) is 3.48. The summed E-state index contributed by atoms with van der Waals surface area (Å²) in [6.07, 6.45) is 1.59. The molecule has 4 nitrogen and oxygen atoms in total. The van der Waals surface area contributed by atoms with Crippen molar-refractivity contribution in [2.75, 3.05) is 6.54 Å². The quantitative estimate of drug-likeness (QED) is 0.372. The largest absolute Gasteiger partial charge is 0.370 e. The Morgan fingerprint density at radius 1 is 1.59 bits per heavy atom. The zero-order valence-electron chi connectivity index (χ0n) is 9.61. The number of guanidine groups is 1. The van der Waals surface area contributed by atoms with E-state index in [-0.39, 0.29) is 24.0 Å². The van der Waals surface area contributed by atoms with Crippen LogP contribution < -0.4 is 11.1 Å². The third-order valence-electron chi connectivity index (χ3n) is 1.77. The molecule has 94 valence electrons. The third kappa shape index (κ3) is 7.17. The van der Waals surface area contributed by atoms with Gasteiger partial charge in [-0.3, -0.25) is 4.98 Å². The smallest absolute Gasteiger partial charge is 0.189 e. The number of aliphatic imine (C=N–C) groups is 1. The molecule has 0 unspecified atom stereocenters. The number of nitrogens with two attached hydrogens (primary N) is 1. The first-order valence-electron chi connectivity index (χ1n) is 4.86. The zero-order chi connectivity index (χ0) is 12.0. The molecule has 3 N–H and O–H groups in total. The van der Waals surface area contributed by atoms with E-state index in [1.165, 1.54) is 0 Å². The lowest BCUT2D eigenvalue weighted by Gasteiger charge is -2.04. The van der Waals surface area contributed by atoms with Crippen LogP contribution in [0, 0.1) is 0 Å². The van der Waals surface area contributed by atoms with Crippen LogP contribution in [0.25, 0.3) is 0 Å². The van der Waals surface area contributed by atoms with E-state index in [2.05, 4.69) is 21.9 Å². The standard InChI is InChI=1S/C11H15ClN4.HI/c1-8(2)5-15-11(13)16-7-10-4-3-9(12)6-14-10;/h3-4,6H,1,5,7H2,2H3,(H3,13,15,16);1H. The molecule has 0 saturated carbocycles. The highest BCUT2D eigenvalue weighted by molar-refractivity contribution is 14.0. The Morgan fingerprint density at radius 2 is 2.29 bits per heavy atom. The number of pyridine rings is 1. The van der Waals surface area contributed by atoms with Crippen molar-refractivity contribution in [2.24, 2.45) is 10.7 Å². The molecule has 0 saturated heterocycles. The number of nitrogens with zero attached hydrogens (tertiary/aromatic N) is 2. The summed E-state index contributed by atoms with van der Waals surface area (Å²) in [7, 11) is 0. The second kappa shape index (κ2) is 8.30. The molecular formula is C11H16ClIN4. The van der Waals surface area contributed by atoms with Crippen LogP contribution in [-0.4, -0.2) is 17.5 Å². The van der Waals surface area contributed by atoms with Gasteiger partial charge in [-0.1, -0.05) is 23.8 Å². The van der Waals surface area contributed by atoms with Crippen LogP contribution in [0.3, 0.4) is 0 Å². The molecule has 6 heteroatoms. The Labute approximate surface area is 123 Å². The van der Waals surface area contributed by atoms with E-state index < -0.39 is 0 Å². The molecule has 1 aromatic heterocycles. The zero-order valence-corrected chi connectivity index (χ0v) is 12.7. The van der Waals surface area contributed by atoms with Crippen molar-refractivity contribution < 1.29 is 0 Å². The predicted octanol–water partition coefficient (Wildman–Crippen LogP) is 2.33. The Balaban J connectivity index is 0.00000256. The molecule has 0 aromatic carbocycles. The van der Waals surface area contributed by atoms with E-state index in [0.717, 1.165) is 11.3 Å². The van der Waals surface area contributed by atoms with Gasteiger partial charge < -0.3 is 11.1 Å². The van der Waals surface area contributed by atoms with Crippen molar-refractivity contribution in [3.8, 4) is 0 Å². The summed E-state index contributed by atoms with van der Waals surface area (Å²) in [6, 6.07) is 3.59. The number of rotatable bonds is 4. The van der Waals surface area contributed by atoms with Crippen LogP contribution in [-0.2, 0) is 6.54 Å². The van der Waals surface area contributed by atoms with Gasteiger partial charge in [0.2, 0.25) is 0 Å². The molecular weight excluding hydrogens is 351 g/mol. The van der Waals surface area contributed by atoms with Gasteiger partial charge in [0.25, 0.3) is 0 Å². The maximum Gasteiger partial charge on any atom is 0.189 e. The van der Waals surface area contributed by atoms with Gasteiger partial charge in [0.05, 0.1) is 17.3 Å². The minimum absolute atomic E-state index is 0. The van der Waals surface area contributed by atoms with E-state index in [1.807, 2.05) is 13.0 Å². The molecule has 0 fully saturated rings. The SMILES string of the molecule is C=C(C)CNC(N)=NCc1ccc(Cl)cn1.I. The molecule has 0 amide bonds. The first-order chi connectivity index (χ1) is 7.58. The van der Waals surface area contributed by atoms with E-state index >= 15 is 0 Å². The van der Waals surface area contributed by atoms with Gasteiger partial charge in [0.15, 0.2) is 5.96 Å². The fourth-order valence-corrected chi connectivity index (χ4v) is 1.08. The Bertz CT molecular complexity index is 389. The van der Waals surface area contributed by atoms with Gasteiger partial charge in [0, 0.05) is 12.7 Å². The average Bonchev–Trinajstić information content (AvgIpc) is 2.25. The van der Waals surface area contributed by atoms with Gasteiger partial charge >= 0.3 is 0 Å². The van der Waals surface area contributed by atoms with Gasteiger partial charge in [-0.05, 0) is 19.1 Å². The van der Waals surface area contributed by atoms with Crippen molar-refractivity contribution >= 4 is 41.5 Å². The fraction of sp³-hybridized carbons (Fsp3) is 0.273. The highest BCUT2D eigenvalue weighted by Gasteiger charge is 1.95. The summed E-state index contributed by atoms with van der Waals surface area (Å²) >= 11 is 5.71. The van der Waals surface area contributed by atoms with Crippen molar-refractivity contribution in [3.05, 3.63) is 41.2 Å². The number of hydrogen-bond acceptors (Lipinski definition) is 2. The van der Waals surface area contributed by atoms with E-state index in [0.29, 0.717) is 24.1 Å². The first-order valence-corrected chi connectivity index (χ1v) is 5.24. The summed E-state index contributed by atoms with van der Waals surface area (Å²) in [5.74, 6) is 0.389. The summed E-state index contributed by atoms with van der Waals surface area (Å²) < 4.78 is 0. The van der Waals surface area contributed by atoms with Crippen LogP contribution in [0.1, 0.15) is 12.6 Å². The van der Waals surface area contributed by atoms with E-state index in [4.69, 9.17) is 17.3 Å². The highest BCUT2D eigenvalue weighted by atomic mass is 127. The van der Waals surface area contributed by atoms with Crippen LogP contribution in [0.15, 0.2) is 35.5 Å². The molecule has 0 atom stereocenters. The maximum atomic E-state index is 5.71. The third-order valence-corrected chi connectivity index (χ3v) is 1.99. The summed E-state index contributed by atoms with van der Waals surface area (Å²) in [5.41, 5.74) is 7.47. The maximum absolute atomic E-state index is 5.71. The molecule has 0 aliphatic heterocycles. The lowest BCUT2D eigenvalue weighted by molar-refractivity contribution is 0.922. The van der Waals surface area contributed by atoms with Crippen LogP contribution in [0.5, 0.6) is 0 Å². The number of nitrogens with one attached hydrogen (secondary N) is 1. The van der Waals surface area contributed by atoms with Gasteiger partial charge in [-0.15, -0.1) is 24.0 Å². The fourth-order valence-electron chi connectivity index (χ4n) is 0.963. The number of hydrogen-bond donors (Lipinski definition) is 2. The normalized spacial score (nSPS) is 10.6. The molecule has 0 aliphatic rings. The predicted molar refractivity (Wildman–Crippen MR) is 82.8 cm³/mol. The summed E-state index contributed by atoms with van der Waals surface area (Å²) in [6.45, 7) is 6.74. The monoisotopic (exact) mass is 366 g/mol. The molecule has 0 spiro atoms. The summed E-state index contributed by atoms with van der Waals surface area (Å²) in [4.78, 5) is 8.24. The number of aromatic nitrogens is 1. The Hall–Kier alpha value is -0.820. The van der Waals surface area contributed by atoms with Crippen LogP contribution in [0.4, 0.5) is 0 Å². The molecule has 17 heavy (non-hydrogen) atoms.